The molecule has 0 aromatic heterocycles. The highest BCUT2D eigenvalue weighted by Gasteiger charge is 2.22. The quantitative estimate of drug-likeness (QED) is 0.835. The van der Waals surface area contributed by atoms with Crippen molar-refractivity contribution in [3.05, 3.63) is 28.2 Å². The number of benzene rings is 1. The van der Waals surface area contributed by atoms with Gasteiger partial charge < -0.3 is 10.6 Å². The first-order valence-electron chi connectivity index (χ1n) is 8.48. The number of nitrogens with one attached hydrogen (secondary N) is 1. The zero-order chi connectivity index (χ0) is 15.9. The van der Waals surface area contributed by atoms with Crippen molar-refractivity contribution in [1.29, 1.82) is 0 Å². The molecule has 1 aromatic carbocycles. The number of nitrogens with two attached hydrogens (primary N) is 1. The fraction of sp³-hybridized carbons (Fsp3) is 0.611. The van der Waals surface area contributed by atoms with Gasteiger partial charge in [0.25, 0.3) is 5.91 Å². The van der Waals surface area contributed by atoms with E-state index >= 15 is 0 Å². The van der Waals surface area contributed by atoms with Crippen LogP contribution in [0, 0.1) is 6.92 Å². The molecule has 1 fully saturated rings. The molecule has 22 heavy (non-hydrogen) atoms. The Morgan fingerprint density at radius 2 is 1.86 bits per heavy atom. The molecule has 0 unspecified atom stereocenters. The largest absolute Gasteiger partial charge is 0.334 e. The summed E-state index contributed by atoms with van der Waals surface area (Å²) in [6.07, 6.45) is 9.17. The van der Waals surface area contributed by atoms with Gasteiger partial charge in [0.1, 0.15) is 0 Å². The number of hydrogen-bond acceptors (Lipinski definition) is 1. The lowest BCUT2D eigenvalue weighted by molar-refractivity contribution is -0.707. The molecule has 1 aromatic rings. The number of carbonyl (C=O) groups is 1. The van der Waals surface area contributed by atoms with Crippen LogP contribution in [0.5, 0.6) is 0 Å². The molecule has 1 atom stereocenters. The number of hydrogen-bond donors (Lipinski definition) is 2. The van der Waals surface area contributed by atoms with Gasteiger partial charge in [0.05, 0.1) is 11.7 Å². The summed E-state index contributed by atoms with van der Waals surface area (Å²) in [6.45, 7) is 4.05. The molecule has 1 amide bonds. The van der Waals surface area contributed by atoms with E-state index in [1.54, 1.807) is 0 Å². The van der Waals surface area contributed by atoms with Crippen molar-refractivity contribution < 1.29 is 10.1 Å². The number of halogens is 1. The van der Waals surface area contributed by atoms with Gasteiger partial charge in [0.2, 0.25) is 0 Å². The Bertz CT molecular complexity index is 496. The first-order valence-corrected chi connectivity index (χ1v) is 9.27. The fourth-order valence-electron chi connectivity index (χ4n) is 3.14. The van der Waals surface area contributed by atoms with Gasteiger partial charge in [-0.15, -0.1) is 0 Å². The van der Waals surface area contributed by atoms with E-state index in [1.165, 1.54) is 50.5 Å². The van der Waals surface area contributed by atoms with E-state index < -0.39 is 0 Å². The number of rotatable bonds is 4. The first kappa shape index (κ1) is 17.5. The number of anilines is 1. The van der Waals surface area contributed by atoms with Gasteiger partial charge in [-0.05, 0) is 73.2 Å². The summed E-state index contributed by atoms with van der Waals surface area (Å²) in [7, 11) is 0. The normalized spacial score (nSPS) is 18.3. The molecule has 122 valence electrons. The Balaban J connectivity index is 1.88. The van der Waals surface area contributed by atoms with Crippen LogP contribution in [0.25, 0.3) is 0 Å². The molecule has 0 heterocycles. The highest BCUT2D eigenvalue weighted by atomic mass is 79.9. The first-order chi connectivity index (χ1) is 10.6. The maximum atomic E-state index is 12.4. The molecule has 1 aliphatic rings. The Labute approximate surface area is 142 Å². The topological polar surface area (TPSA) is 45.7 Å². The Hall–Kier alpha value is -0.870. The van der Waals surface area contributed by atoms with Gasteiger partial charge in [-0.1, -0.05) is 25.3 Å². The van der Waals surface area contributed by atoms with Gasteiger partial charge in [0, 0.05) is 4.47 Å². The third-order valence-corrected chi connectivity index (χ3v) is 5.16. The lowest BCUT2D eigenvalue weighted by Gasteiger charge is -2.21. The fourth-order valence-corrected chi connectivity index (χ4v) is 3.74. The average molecular weight is 368 g/mol. The summed E-state index contributed by atoms with van der Waals surface area (Å²) in [6, 6.07) is 6.56. The van der Waals surface area contributed by atoms with E-state index in [0.29, 0.717) is 6.04 Å². The van der Waals surface area contributed by atoms with Crippen LogP contribution in [0.4, 0.5) is 5.69 Å². The SMILES string of the molecule is Cc1ccc(NC(=O)[C@@H](C)[NH2+]C2CCCCCCC2)c(Br)c1. The minimum absolute atomic E-state index is 0.0439. The standard InChI is InChI=1S/C18H27BrN2O/c1-13-10-11-17(16(19)12-13)21-18(22)14(2)20-15-8-6-4-3-5-7-9-15/h10-12,14-15,20H,3-9H2,1-2H3,(H,21,22)/p+1/t14-/m1/s1. The predicted molar refractivity (Wildman–Crippen MR) is 95.0 cm³/mol. The molecule has 0 bridgehead atoms. The van der Waals surface area contributed by atoms with Crippen LogP contribution >= 0.6 is 15.9 Å². The highest BCUT2D eigenvalue weighted by Crippen LogP contribution is 2.23. The Morgan fingerprint density at radius 1 is 1.23 bits per heavy atom. The van der Waals surface area contributed by atoms with Crippen LogP contribution in [0.1, 0.15) is 57.4 Å². The van der Waals surface area contributed by atoms with Crippen molar-refractivity contribution in [2.24, 2.45) is 0 Å². The number of aryl methyl sites for hydroxylation is 1. The van der Waals surface area contributed by atoms with Gasteiger partial charge in [-0.3, -0.25) is 4.79 Å². The maximum Gasteiger partial charge on any atom is 0.282 e. The van der Waals surface area contributed by atoms with Crippen molar-refractivity contribution in [2.75, 3.05) is 5.32 Å². The Kier molecular flexibility index (Phi) is 6.90. The molecule has 0 spiro atoms. The molecule has 1 saturated carbocycles. The molecule has 1 aliphatic carbocycles. The average Bonchev–Trinajstić information content (AvgIpc) is 2.44. The van der Waals surface area contributed by atoms with Crippen molar-refractivity contribution in [3.63, 3.8) is 0 Å². The van der Waals surface area contributed by atoms with Crippen LogP contribution in [0.2, 0.25) is 0 Å². The van der Waals surface area contributed by atoms with Gasteiger partial charge in [-0.2, -0.15) is 0 Å². The minimum Gasteiger partial charge on any atom is -0.334 e. The van der Waals surface area contributed by atoms with Crippen LogP contribution < -0.4 is 10.6 Å². The van der Waals surface area contributed by atoms with Gasteiger partial charge in [0.15, 0.2) is 6.04 Å². The lowest BCUT2D eigenvalue weighted by Crippen LogP contribution is -2.96. The molecule has 2 rings (SSSR count). The predicted octanol–water partition coefficient (Wildman–Crippen LogP) is 3.76. The molecule has 4 heteroatoms. The molecule has 0 aliphatic heterocycles. The molecular weight excluding hydrogens is 340 g/mol. The summed E-state index contributed by atoms with van der Waals surface area (Å²) in [5, 5.41) is 5.30. The summed E-state index contributed by atoms with van der Waals surface area (Å²) in [5.74, 6) is 0.0895. The third-order valence-electron chi connectivity index (χ3n) is 4.51. The van der Waals surface area contributed by atoms with E-state index in [9.17, 15) is 4.79 Å². The summed E-state index contributed by atoms with van der Waals surface area (Å²) in [5.41, 5.74) is 2.03. The molecule has 3 N–H and O–H groups in total. The van der Waals surface area contributed by atoms with E-state index in [2.05, 4.69) is 26.6 Å². The minimum atomic E-state index is -0.0439. The van der Waals surface area contributed by atoms with Crippen LogP contribution in [0.3, 0.4) is 0 Å². The van der Waals surface area contributed by atoms with E-state index in [0.717, 1.165) is 10.2 Å². The maximum absolute atomic E-state index is 12.4. The summed E-state index contributed by atoms with van der Waals surface area (Å²) in [4.78, 5) is 12.4. The zero-order valence-corrected chi connectivity index (χ0v) is 15.3. The molecule has 0 radical (unpaired) electrons. The van der Waals surface area contributed by atoms with Gasteiger partial charge in [-0.25, -0.2) is 0 Å². The van der Waals surface area contributed by atoms with Crippen LogP contribution in [-0.4, -0.2) is 18.0 Å². The number of amides is 1. The smallest absolute Gasteiger partial charge is 0.282 e. The number of carbonyl (C=O) groups excluding carboxylic acids is 1. The van der Waals surface area contributed by atoms with Crippen LogP contribution in [-0.2, 0) is 4.79 Å². The van der Waals surface area contributed by atoms with E-state index in [-0.39, 0.29) is 11.9 Å². The summed E-state index contributed by atoms with van der Waals surface area (Å²) < 4.78 is 0.944. The monoisotopic (exact) mass is 367 g/mol. The van der Waals surface area contributed by atoms with Gasteiger partial charge >= 0.3 is 0 Å². The van der Waals surface area contributed by atoms with Crippen LogP contribution in [0.15, 0.2) is 22.7 Å². The van der Waals surface area contributed by atoms with Crippen molar-refractivity contribution in [2.45, 2.75) is 70.9 Å². The lowest BCUT2D eigenvalue weighted by atomic mass is 9.96. The third kappa shape index (κ3) is 5.40. The molecular formula is C18H28BrN2O+. The summed E-state index contributed by atoms with van der Waals surface area (Å²) >= 11 is 3.52. The van der Waals surface area contributed by atoms with Crippen molar-refractivity contribution in [3.8, 4) is 0 Å². The van der Waals surface area contributed by atoms with Crippen molar-refractivity contribution >= 4 is 27.5 Å². The van der Waals surface area contributed by atoms with E-state index in [4.69, 9.17) is 0 Å². The zero-order valence-electron chi connectivity index (χ0n) is 13.7. The van der Waals surface area contributed by atoms with Crippen molar-refractivity contribution in [1.82, 2.24) is 0 Å². The molecule has 0 saturated heterocycles. The highest BCUT2D eigenvalue weighted by molar-refractivity contribution is 9.10. The second-order valence-electron chi connectivity index (χ2n) is 6.56. The number of quaternary nitrogens is 1. The Morgan fingerprint density at radius 3 is 2.50 bits per heavy atom. The second kappa shape index (κ2) is 8.68. The second-order valence-corrected chi connectivity index (χ2v) is 7.41. The van der Waals surface area contributed by atoms with E-state index in [1.807, 2.05) is 32.0 Å². The molecule has 3 nitrogen and oxygen atoms in total.